The van der Waals surface area contributed by atoms with Crippen molar-refractivity contribution in [1.29, 1.82) is 0 Å². The molecule has 8 heteroatoms. The van der Waals surface area contributed by atoms with Crippen molar-refractivity contribution in [3.8, 4) is 0 Å². The molecule has 0 unspecified atom stereocenters. The van der Waals surface area contributed by atoms with E-state index in [0.717, 1.165) is 88.0 Å². The van der Waals surface area contributed by atoms with E-state index < -0.39 is 11.9 Å². The fourth-order valence-corrected chi connectivity index (χ4v) is 6.15. The van der Waals surface area contributed by atoms with Crippen LogP contribution in [0.15, 0.2) is 0 Å². The predicted octanol–water partition coefficient (Wildman–Crippen LogP) is 1.50. The van der Waals surface area contributed by atoms with Gasteiger partial charge >= 0.3 is 11.9 Å². The molecule has 1 aliphatic heterocycles. The number of hydrogen-bond acceptors (Lipinski definition) is 2. The van der Waals surface area contributed by atoms with Crippen molar-refractivity contribution in [3.63, 3.8) is 0 Å². The molecule has 1 aliphatic rings. The Morgan fingerprint density at radius 2 is 1.02 bits per heavy atom. The van der Waals surface area contributed by atoms with Gasteiger partial charge in [0.15, 0.2) is 0 Å². The number of carboxylic acid groups (broad SMARTS) is 2. The zero-order valence-corrected chi connectivity index (χ0v) is 25.0. The van der Waals surface area contributed by atoms with Crippen molar-refractivity contribution >= 4 is 48.4 Å². The first-order valence-electron chi connectivity index (χ1n) is 14.3. The first-order chi connectivity index (χ1) is 20.0. The van der Waals surface area contributed by atoms with E-state index >= 15 is 0 Å². The van der Waals surface area contributed by atoms with Gasteiger partial charge in [-0.15, -0.1) is 0 Å². The number of carboxylic acids is 2. The van der Waals surface area contributed by atoms with E-state index in [1.165, 1.54) is 0 Å². The molecular weight excluding hydrogens is 528 g/mol. The van der Waals surface area contributed by atoms with E-state index in [-0.39, 0.29) is 12.8 Å². The standard InChI is InChI=1S/C34H38N4O4/c1-7-21-17(3)25-13-26-19(5)23(9-11-33(39)40)31(37-26)16-32-24(10-12-34(41)42)20(6)28(38-32)15-30-22(8-2)18(4)27(36-30)14-29(21)35-25/h7-8,13-16,35-38H,9-12H2,1-6H3,(H,39,40)(H,41,42)/b21-7+,22-8+,26-13-,29-14?,30-15-,31-16-. The highest BCUT2D eigenvalue weighted by Gasteiger charge is 2.16. The molecule has 4 aromatic rings. The van der Waals surface area contributed by atoms with Gasteiger partial charge in [-0.3, -0.25) is 9.59 Å². The maximum absolute atomic E-state index is 11.5. The minimum Gasteiger partial charge on any atom is -0.481 e. The molecule has 42 heavy (non-hydrogen) atoms. The van der Waals surface area contributed by atoms with Crippen LogP contribution in [-0.2, 0) is 22.4 Å². The molecule has 0 spiro atoms. The number of aliphatic carboxylic acids is 2. The minimum absolute atomic E-state index is 0.00727. The van der Waals surface area contributed by atoms with Crippen molar-refractivity contribution in [3.05, 3.63) is 88.0 Å². The van der Waals surface area contributed by atoms with Crippen LogP contribution in [0, 0.1) is 27.7 Å². The Morgan fingerprint density at radius 1 is 0.571 bits per heavy atom. The van der Waals surface area contributed by atoms with Crippen LogP contribution in [0.5, 0.6) is 0 Å². The van der Waals surface area contributed by atoms with Gasteiger partial charge in [0.2, 0.25) is 0 Å². The molecule has 0 atom stereocenters. The van der Waals surface area contributed by atoms with Crippen molar-refractivity contribution in [2.24, 2.45) is 0 Å². The number of fused-ring (bicyclic) bond motifs is 8. The highest BCUT2D eigenvalue weighted by Crippen LogP contribution is 2.22. The number of aromatic nitrogens is 4. The molecule has 0 amide bonds. The SMILES string of the molecule is C/C=c1\c(C)c2[nH]c1=Cc1[nH]c(/c(=C/C)c1C)=C\c1[nH]c(c(CCC(=O)O)c1C)/C=c1\[nH]/c(c(C)c1CCC(=O)O)=C\2. The average molecular weight is 567 g/mol. The number of H-pyrrole nitrogens is 4. The van der Waals surface area contributed by atoms with E-state index in [4.69, 9.17) is 0 Å². The van der Waals surface area contributed by atoms with Crippen LogP contribution < -0.4 is 31.8 Å². The summed E-state index contributed by atoms with van der Waals surface area (Å²) in [5, 5.41) is 24.9. The summed E-state index contributed by atoms with van der Waals surface area (Å²) in [4.78, 5) is 37.4. The smallest absolute Gasteiger partial charge is 0.303 e. The van der Waals surface area contributed by atoms with E-state index in [2.05, 4.69) is 64.2 Å². The third kappa shape index (κ3) is 5.20. The lowest BCUT2D eigenvalue weighted by Crippen LogP contribution is -2.24. The molecule has 0 saturated carbocycles. The number of rotatable bonds is 6. The summed E-state index contributed by atoms with van der Waals surface area (Å²) in [6, 6.07) is 0. The molecule has 0 radical (unpaired) electrons. The summed E-state index contributed by atoms with van der Waals surface area (Å²) in [5.74, 6) is -1.71. The van der Waals surface area contributed by atoms with Crippen LogP contribution in [0.3, 0.4) is 0 Å². The fourth-order valence-electron chi connectivity index (χ4n) is 6.15. The van der Waals surface area contributed by atoms with E-state index in [9.17, 15) is 19.8 Å². The van der Waals surface area contributed by atoms with Gasteiger partial charge in [0.25, 0.3) is 0 Å². The Hall–Kier alpha value is -4.72. The molecule has 4 aromatic heterocycles. The normalized spacial score (nSPS) is 15.8. The molecule has 218 valence electrons. The van der Waals surface area contributed by atoms with E-state index in [1.54, 1.807) is 0 Å². The topological polar surface area (TPSA) is 138 Å². The van der Waals surface area contributed by atoms with E-state index in [0.29, 0.717) is 12.8 Å². The highest BCUT2D eigenvalue weighted by atomic mass is 16.4. The summed E-state index contributed by atoms with van der Waals surface area (Å²) < 4.78 is 0. The maximum Gasteiger partial charge on any atom is 0.303 e. The van der Waals surface area contributed by atoms with Gasteiger partial charge in [-0.25, -0.2) is 0 Å². The average Bonchev–Trinajstić information content (AvgIpc) is 3.59. The molecule has 0 fully saturated rings. The quantitative estimate of drug-likeness (QED) is 0.186. The Morgan fingerprint density at radius 3 is 1.52 bits per heavy atom. The predicted molar refractivity (Wildman–Crippen MR) is 166 cm³/mol. The van der Waals surface area contributed by atoms with Crippen LogP contribution in [0.2, 0.25) is 0 Å². The lowest BCUT2D eigenvalue weighted by atomic mass is 10.0. The molecule has 8 nitrogen and oxygen atoms in total. The Kier molecular flexibility index (Phi) is 7.73. The summed E-state index contributed by atoms with van der Waals surface area (Å²) in [7, 11) is 0. The lowest BCUT2D eigenvalue weighted by Gasteiger charge is -2.01. The lowest BCUT2D eigenvalue weighted by molar-refractivity contribution is -0.138. The molecular formula is C34H38N4O4. The zero-order chi connectivity index (χ0) is 30.3. The maximum atomic E-state index is 11.5. The van der Waals surface area contributed by atoms with Gasteiger partial charge in [-0.1, -0.05) is 12.2 Å². The van der Waals surface area contributed by atoms with Crippen molar-refractivity contribution < 1.29 is 19.8 Å². The third-order valence-corrected chi connectivity index (χ3v) is 8.55. The second kappa shape index (κ2) is 11.3. The van der Waals surface area contributed by atoms with Crippen LogP contribution in [0.1, 0.15) is 82.8 Å². The molecule has 6 N–H and O–H groups in total. The molecule has 5 rings (SSSR count). The van der Waals surface area contributed by atoms with Gasteiger partial charge < -0.3 is 30.1 Å². The van der Waals surface area contributed by atoms with Crippen LogP contribution in [-0.4, -0.2) is 42.1 Å². The van der Waals surface area contributed by atoms with Crippen LogP contribution in [0.25, 0.3) is 36.5 Å². The van der Waals surface area contributed by atoms with Crippen molar-refractivity contribution in [2.45, 2.75) is 67.2 Å². The first-order valence-corrected chi connectivity index (χ1v) is 14.3. The first kappa shape index (κ1) is 28.8. The molecule has 0 saturated heterocycles. The number of nitrogens with one attached hydrogen (secondary N) is 4. The Balaban J connectivity index is 1.94. The minimum atomic E-state index is -0.854. The van der Waals surface area contributed by atoms with Gasteiger partial charge in [0.1, 0.15) is 0 Å². The van der Waals surface area contributed by atoms with Gasteiger partial charge in [0.05, 0.1) is 0 Å². The third-order valence-electron chi connectivity index (χ3n) is 8.55. The monoisotopic (exact) mass is 566 g/mol. The summed E-state index contributed by atoms with van der Waals surface area (Å²) in [6.45, 7) is 12.3. The molecule has 5 heterocycles. The van der Waals surface area contributed by atoms with E-state index in [1.807, 2.05) is 33.8 Å². The fraction of sp³-hybridized carbons (Fsp3) is 0.294. The zero-order valence-electron chi connectivity index (χ0n) is 25.0. The van der Waals surface area contributed by atoms with Gasteiger partial charge in [-0.05, 0) is 123 Å². The van der Waals surface area contributed by atoms with Crippen molar-refractivity contribution in [2.75, 3.05) is 0 Å². The van der Waals surface area contributed by atoms with Gasteiger partial charge in [-0.2, -0.15) is 0 Å². The molecule has 0 aliphatic carbocycles. The highest BCUT2D eigenvalue weighted by molar-refractivity contribution is 5.69. The Bertz CT molecular complexity index is 2110. The Labute approximate surface area is 243 Å². The summed E-state index contributed by atoms with van der Waals surface area (Å²) >= 11 is 0. The summed E-state index contributed by atoms with van der Waals surface area (Å²) in [5.41, 5.74) is 9.79. The van der Waals surface area contributed by atoms with Crippen molar-refractivity contribution in [1.82, 2.24) is 19.9 Å². The van der Waals surface area contributed by atoms with Crippen LogP contribution in [0.4, 0.5) is 0 Å². The largest absolute Gasteiger partial charge is 0.481 e. The molecule has 0 aromatic carbocycles. The number of aromatic amines is 4. The molecule has 8 bridgehead atoms. The number of hydrogen-bond donors (Lipinski definition) is 6. The van der Waals surface area contributed by atoms with Gasteiger partial charge in [0, 0.05) is 57.0 Å². The second-order valence-corrected chi connectivity index (χ2v) is 11.0. The number of carbonyl (C=O) groups is 2. The summed E-state index contributed by atoms with van der Waals surface area (Å²) in [6.07, 6.45) is 13.3. The van der Waals surface area contributed by atoms with Crippen LogP contribution >= 0.6 is 0 Å². The second-order valence-electron chi connectivity index (χ2n) is 11.0.